The number of ether oxygens (including phenoxy) is 1. The Bertz CT molecular complexity index is 501. The fourth-order valence-corrected chi connectivity index (χ4v) is 2.54. The number of hydrogen-bond acceptors (Lipinski definition) is 3. The molecule has 4 nitrogen and oxygen atoms in total. The van der Waals surface area contributed by atoms with E-state index < -0.39 is 5.60 Å². The first-order valence-electron chi connectivity index (χ1n) is 7.21. The third-order valence-electron chi connectivity index (χ3n) is 3.85. The second kappa shape index (κ2) is 6.02. The third-order valence-corrected chi connectivity index (χ3v) is 3.85. The Morgan fingerprint density at radius 3 is 2.57 bits per heavy atom. The van der Waals surface area contributed by atoms with Crippen LogP contribution in [0.4, 0.5) is 4.39 Å². The Morgan fingerprint density at radius 1 is 1.38 bits per heavy atom. The Morgan fingerprint density at radius 2 is 2.00 bits per heavy atom. The maximum absolute atomic E-state index is 12.9. The molecule has 1 aliphatic rings. The molecule has 1 aliphatic heterocycles. The van der Waals surface area contributed by atoms with Gasteiger partial charge in [-0.25, -0.2) is 4.39 Å². The lowest BCUT2D eigenvalue weighted by Crippen LogP contribution is -2.53. The maximum atomic E-state index is 12.9. The van der Waals surface area contributed by atoms with E-state index in [-0.39, 0.29) is 23.7 Å². The van der Waals surface area contributed by atoms with E-state index in [0.29, 0.717) is 25.3 Å². The van der Waals surface area contributed by atoms with Gasteiger partial charge in [-0.15, -0.1) is 0 Å². The normalized spacial score (nSPS) is 23.0. The van der Waals surface area contributed by atoms with Gasteiger partial charge in [0.05, 0.1) is 6.10 Å². The van der Waals surface area contributed by atoms with Crippen molar-refractivity contribution in [1.82, 2.24) is 4.90 Å². The summed E-state index contributed by atoms with van der Waals surface area (Å²) in [5.74, 6) is 0.0556. The molecule has 0 spiro atoms. The van der Waals surface area contributed by atoms with Gasteiger partial charge in [0.2, 0.25) is 0 Å². The molecular formula is C16H22FNO3. The highest BCUT2D eigenvalue weighted by Crippen LogP contribution is 2.24. The van der Waals surface area contributed by atoms with Crippen LogP contribution >= 0.6 is 0 Å². The fraction of sp³-hybridized carbons (Fsp3) is 0.562. The minimum Gasteiger partial charge on any atom is -0.478 e. The van der Waals surface area contributed by atoms with Crippen LogP contribution in [0.5, 0.6) is 5.75 Å². The summed E-state index contributed by atoms with van der Waals surface area (Å²) >= 11 is 0. The van der Waals surface area contributed by atoms with Crippen molar-refractivity contribution in [1.29, 1.82) is 0 Å². The molecule has 116 valence electrons. The molecule has 1 N–H and O–H groups in total. The summed E-state index contributed by atoms with van der Waals surface area (Å²) < 4.78 is 18.6. The average Bonchev–Trinajstić information content (AvgIpc) is 2.43. The second-order valence-electron chi connectivity index (χ2n) is 6.15. The predicted molar refractivity (Wildman–Crippen MR) is 77.5 cm³/mol. The van der Waals surface area contributed by atoms with E-state index in [0.717, 1.165) is 0 Å². The Labute approximate surface area is 124 Å². The molecule has 1 fully saturated rings. The highest BCUT2D eigenvalue weighted by Gasteiger charge is 2.37. The van der Waals surface area contributed by atoms with Crippen LogP contribution in [0.2, 0.25) is 0 Å². The predicted octanol–water partition coefficient (Wildman–Crippen LogP) is 2.21. The first-order chi connectivity index (χ1) is 9.79. The largest absolute Gasteiger partial charge is 0.478 e. The number of carbonyl (C=O) groups excluding carboxylic acids is 1. The number of carbonyl (C=O) groups is 1. The molecule has 1 amide bonds. The van der Waals surface area contributed by atoms with E-state index in [1.54, 1.807) is 18.7 Å². The topological polar surface area (TPSA) is 49.8 Å². The van der Waals surface area contributed by atoms with Gasteiger partial charge in [0.1, 0.15) is 11.6 Å². The summed E-state index contributed by atoms with van der Waals surface area (Å²) in [6.45, 7) is 6.39. The molecule has 0 aliphatic carbocycles. The molecular weight excluding hydrogens is 273 g/mol. The van der Waals surface area contributed by atoms with Gasteiger partial charge in [-0.1, -0.05) is 6.92 Å². The molecule has 5 heteroatoms. The number of rotatable bonds is 3. The third kappa shape index (κ3) is 3.73. The zero-order chi connectivity index (χ0) is 15.6. The van der Waals surface area contributed by atoms with Gasteiger partial charge in [-0.2, -0.15) is 0 Å². The average molecular weight is 295 g/mol. The number of likely N-dealkylation sites (tertiary alicyclic amines) is 1. The standard InChI is InChI=1S/C16H22FNO3/c1-11-10-18(9-8-14(11)19)15(20)16(2,3)21-13-6-4-12(17)5-7-13/h4-7,11,14,19H,8-10H2,1-3H3. The summed E-state index contributed by atoms with van der Waals surface area (Å²) in [6.07, 6.45) is 0.231. The quantitative estimate of drug-likeness (QED) is 0.930. The number of halogens is 1. The van der Waals surface area contributed by atoms with Crippen LogP contribution in [0.1, 0.15) is 27.2 Å². The van der Waals surface area contributed by atoms with Crippen molar-refractivity contribution >= 4 is 5.91 Å². The number of hydrogen-bond donors (Lipinski definition) is 1. The molecule has 1 aromatic rings. The van der Waals surface area contributed by atoms with E-state index in [9.17, 15) is 14.3 Å². The number of piperidine rings is 1. The van der Waals surface area contributed by atoms with E-state index in [1.165, 1.54) is 24.3 Å². The molecule has 2 rings (SSSR count). The van der Waals surface area contributed by atoms with E-state index in [4.69, 9.17) is 4.74 Å². The van der Waals surface area contributed by atoms with Crippen molar-refractivity contribution in [2.75, 3.05) is 13.1 Å². The van der Waals surface area contributed by atoms with Crippen LogP contribution in [-0.4, -0.2) is 40.7 Å². The summed E-state index contributed by atoms with van der Waals surface area (Å²) in [4.78, 5) is 14.3. The molecule has 1 saturated heterocycles. The van der Waals surface area contributed by atoms with E-state index in [2.05, 4.69) is 0 Å². The zero-order valence-corrected chi connectivity index (χ0v) is 12.7. The Hall–Kier alpha value is -1.62. The van der Waals surface area contributed by atoms with Crippen LogP contribution in [0, 0.1) is 11.7 Å². The molecule has 0 bridgehead atoms. The monoisotopic (exact) mass is 295 g/mol. The summed E-state index contributed by atoms with van der Waals surface area (Å²) in [7, 11) is 0. The summed E-state index contributed by atoms with van der Waals surface area (Å²) in [5.41, 5.74) is -1.03. The summed E-state index contributed by atoms with van der Waals surface area (Å²) in [6, 6.07) is 5.62. The Kier molecular flexibility index (Phi) is 4.52. The fourth-order valence-electron chi connectivity index (χ4n) is 2.54. The van der Waals surface area contributed by atoms with Crippen LogP contribution in [0.25, 0.3) is 0 Å². The molecule has 0 saturated carbocycles. The van der Waals surface area contributed by atoms with Crippen molar-refractivity contribution < 1.29 is 19.0 Å². The van der Waals surface area contributed by atoms with Gasteiger partial charge in [-0.3, -0.25) is 4.79 Å². The van der Waals surface area contributed by atoms with Crippen LogP contribution in [0.15, 0.2) is 24.3 Å². The molecule has 1 heterocycles. The van der Waals surface area contributed by atoms with Crippen molar-refractivity contribution in [3.05, 3.63) is 30.1 Å². The molecule has 21 heavy (non-hydrogen) atoms. The highest BCUT2D eigenvalue weighted by atomic mass is 19.1. The molecule has 0 aromatic heterocycles. The van der Waals surface area contributed by atoms with Gasteiger partial charge in [0, 0.05) is 13.1 Å². The Balaban J connectivity index is 2.04. The second-order valence-corrected chi connectivity index (χ2v) is 6.15. The van der Waals surface area contributed by atoms with Crippen molar-refractivity contribution in [2.45, 2.75) is 38.9 Å². The lowest BCUT2D eigenvalue weighted by Gasteiger charge is -2.38. The van der Waals surface area contributed by atoms with Gasteiger partial charge in [0.15, 0.2) is 5.60 Å². The summed E-state index contributed by atoms with van der Waals surface area (Å²) in [5, 5.41) is 9.74. The number of aliphatic hydroxyl groups excluding tert-OH is 1. The van der Waals surface area contributed by atoms with Crippen molar-refractivity contribution in [3.8, 4) is 5.75 Å². The number of amides is 1. The van der Waals surface area contributed by atoms with Gasteiger partial charge < -0.3 is 14.7 Å². The van der Waals surface area contributed by atoms with E-state index >= 15 is 0 Å². The molecule has 0 radical (unpaired) electrons. The first kappa shape index (κ1) is 15.8. The highest BCUT2D eigenvalue weighted by molar-refractivity contribution is 5.85. The maximum Gasteiger partial charge on any atom is 0.266 e. The zero-order valence-electron chi connectivity index (χ0n) is 12.7. The lowest BCUT2D eigenvalue weighted by atomic mass is 9.95. The first-order valence-corrected chi connectivity index (χ1v) is 7.21. The lowest BCUT2D eigenvalue weighted by molar-refractivity contribution is -0.149. The molecule has 2 unspecified atom stereocenters. The molecule has 2 atom stereocenters. The molecule has 1 aromatic carbocycles. The van der Waals surface area contributed by atoms with Crippen LogP contribution in [0.3, 0.4) is 0 Å². The van der Waals surface area contributed by atoms with Gasteiger partial charge in [0.25, 0.3) is 5.91 Å². The SMILES string of the molecule is CC1CN(C(=O)C(C)(C)Oc2ccc(F)cc2)CCC1O. The van der Waals surface area contributed by atoms with Crippen molar-refractivity contribution in [3.63, 3.8) is 0 Å². The smallest absolute Gasteiger partial charge is 0.266 e. The van der Waals surface area contributed by atoms with Crippen molar-refractivity contribution in [2.24, 2.45) is 5.92 Å². The minimum atomic E-state index is -1.03. The van der Waals surface area contributed by atoms with Crippen LogP contribution < -0.4 is 4.74 Å². The van der Waals surface area contributed by atoms with Gasteiger partial charge >= 0.3 is 0 Å². The van der Waals surface area contributed by atoms with E-state index in [1.807, 2.05) is 6.92 Å². The number of benzene rings is 1. The van der Waals surface area contributed by atoms with Crippen LogP contribution in [-0.2, 0) is 4.79 Å². The minimum absolute atomic E-state index is 0.0596. The number of aliphatic hydroxyl groups is 1. The van der Waals surface area contributed by atoms with Gasteiger partial charge in [-0.05, 0) is 50.5 Å². The number of nitrogens with zero attached hydrogens (tertiary/aromatic N) is 1.